The van der Waals surface area contributed by atoms with Gasteiger partial charge < -0.3 is 10.2 Å². The highest BCUT2D eigenvalue weighted by Crippen LogP contribution is 2.35. The number of rotatable bonds is 9. The number of allylic oxidation sites excluding steroid dienone is 2. The molecule has 0 aromatic heterocycles. The molecule has 7 nitrogen and oxygen atoms in total. The van der Waals surface area contributed by atoms with Crippen molar-refractivity contribution in [1.82, 2.24) is 15.1 Å². The van der Waals surface area contributed by atoms with Crippen LogP contribution in [0.1, 0.15) is 63.9 Å². The Morgan fingerprint density at radius 1 is 1.08 bits per heavy atom. The molecular formula is C27H33Cl2N3O4. The van der Waals surface area contributed by atoms with Gasteiger partial charge in [0.05, 0.1) is 11.8 Å². The van der Waals surface area contributed by atoms with E-state index in [2.05, 4.69) is 5.32 Å². The van der Waals surface area contributed by atoms with Crippen molar-refractivity contribution in [1.29, 1.82) is 0 Å². The largest absolute Gasteiger partial charge is 0.352 e. The minimum absolute atomic E-state index is 0.00896. The summed E-state index contributed by atoms with van der Waals surface area (Å²) in [5.74, 6) is -1.57. The third-order valence-electron chi connectivity index (χ3n) is 7.59. The lowest BCUT2D eigenvalue weighted by Crippen LogP contribution is -2.51. The van der Waals surface area contributed by atoms with Gasteiger partial charge in [-0.25, -0.2) is 0 Å². The molecule has 9 heteroatoms. The molecule has 1 aromatic rings. The van der Waals surface area contributed by atoms with Crippen LogP contribution < -0.4 is 5.32 Å². The third-order valence-corrected chi connectivity index (χ3v) is 8.18. The Bertz CT molecular complexity index is 1030. The fourth-order valence-corrected chi connectivity index (χ4v) is 6.03. The number of nitrogens with one attached hydrogen (secondary N) is 1. The molecule has 1 saturated heterocycles. The van der Waals surface area contributed by atoms with Gasteiger partial charge in [-0.1, -0.05) is 61.2 Å². The minimum Gasteiger partial charge on any atom is -0.352 e. The van der Waals surface area contributed by atoms with Crippen LogP contribution in [0.3, 0.4) is 0 Å². The Hall–Kier alpha value is -2.38. The summed E-state index contributed by atoms with van der Waals surface area (Å²) in [6.45, 7) is 2.01. The van der Waals surface area contributed by atoms with Gasteiger partial charge in [0.15, 0.2) is 0 Å². The first-order chi connectivity index (χ1) is 17.3. The molecule has 0 bridgehead atoms. The maximum absolute atomic E-state index is 13.6. The molecule has 1 aliphatic heterocycles. The topological polar surface area (TPSA) is 86.8 Å². The second-order valence-corrected chi connectivity index (χ2v) is 10.7. The summed E-state index contributed by atoms with van der Waals surface area (Å²) in [5.41, 5.74) is 0.673. The molecule has 0 spiro atoms. The molecule has 1 unspecified atom stereocenters. The van der Waals surface area contributed by atoms with Crippen LogP contribution in [-0.2, 0) is 25.7 Å². The van der Waals surface area contributed by atoms with Crippen LogP contribution in [0.4, 0.5) is 0 Å². The zero-order chi connectivity index (χ0) is 25.8. The average Bonchev–Trinajstić information content (AvgIpc) is 3.45. The standard InChI is InChI=1S/C27H33Cl2N3O4/c1-2-23(25(34)30-19-7-3-4-8-19)32(16-17-11-12-18(28)15-22(17)29)24(33)13-14-31-26(35)20-9-5-6-10-21(20)27(31)36/h5-6,11-12,15,19-21,23H,2-4,7-10,13-14,16H2,1H3,(H,30,34)/t20-,21+,23?. The van der Waals surface area contributed by atoms with Gasteiger partial charge in [-0.3, -0.25) is 24.1 Å². The number of imide groups is 1. The summed E-state index contributed by atoms with van der Waals surface area (Å²) in [5, 5.41) is 4.00. The first kappa shape index (κ1) is 26.7. The predicted molar refractivity (Wildman–Crippen MR) is 138 cm³/mol. The van der Waals surface area contributed by atoms with Crippen LogP contribution in [0.5, 0.6) is 0 Å². The Balaban J connectivity index is 1.50. The Labute approximate surface area is 222 Å². The predicted octanol–water partition coefficient (Wildman–Crippen LogP) is 4.50. The maximum Gasteiger partial charge on any atom is 0.243 e. The van der Waals surface area contributed by atoms with Gasteiger partial charge >= 0.3 is 0 Å². The summed E-state index contributed by atoms with van der Waals surface area (Å²) in [6, 6.07) is 4.49. The van der Waals surface area contributed by atoms with Crippen LogP contribution in [0.25, 0.3) is 0 Å². The molecule has 194 valence electrons. The van der Waals surface area contributed by atoms with Crippen LogP contribution in [0.2, 0.25) is 10.0 Å². The molecule has 2 fully saturated rings. The number of carbonyl (C=O) groups excluding carboxylic acids is 4. The average molecular weight is 534 g/mol. The molecule has 1 aromatic carbocycles. The van der Waals surface area contributed by atoms with E-state index in [0.717, 1.165) is 25.7 Å². The van der Waals surface area contributed by atoms with E-state index in [1.165, 1.54) is 9.80 Å². The molecule has 4 amide bonds. The van der Waals surface area contributed by atoms with Crippen molar-refractivity contribution in [2.75, 3.05) is 6.54 Å². The zero-order valence-corrected chi connectivity index (χ0v) is 22.1. The van der Waals surface area contributed by atoms with Gasteiger partial charge in [0.1, 0.15) is 6.04 Å². The molecule has 36 heavy (non-hydrogen) atoms. The zero-order valence-electron chi connectivity index (χ0n) is 20.6. The van der Waals surface area contributed by atoms with E-state index in [0.29, 0.717) is 34.9 Å². The monoisotopic (exact) mass is 533 g/mol. The van der Waals surface area contributed by atoms with Gasteiger partial charge in [-0.15, -0.1) is 0 Å². The number of fused-ring (bicyclic) bond motifs is 1. The van der Waals surface area contributed by atoms with E-state index < -0.39 is 6.04 Å². The number of hydrogen-bond donors (Lipinski definition) is 1. The number of nitrogens with zero attached hydrogens (tertiary/aromatic N) is 2. The van der Waals surface area contributed by atoms with Crippen molar-refractivity contribution < 1.29 is 19.2 Å². The van der Waals surface area contributed by atoms with E-state index in [-0.39, 0.29) is 61.0 Å². The van der Waals surface area contributed by atoms with Gasteiger partial charge in [-0.2, -0.15) is 0 Å². The fourth-order valence-electron chi connectivity index (χ4n) is 5.56. The van der Waals surface area contributed by atoms with Crippen molar-refractivity contribution in [2.45, 2.75) is 76.9 Å². The van der Waals surface area contributed by atoms with Crippen molar-refractivity contribution in [2.24, 2.45) is 11.8 Å². The summed E-state index contributed by atoms with van der Waals surface area (Å²) < 4.78 is 0. The van der Waals surface area contributed by atoms with Gasteiger partial charge in [0, 0.05) is 35.6 Å². The van der Waals surface area contributed by atoms with E-state index in [4.69, 9.17) is 23.2 Å². The van der Waals surface area contributed by atoms with Crippen LogP contribution in [0, 0.1) is 11.8 Å². The number of halogens is 2. The lowest BCUT2D eigenvalue weighted by molar-refractivity contribution is -0.144. The Kier molecular flexibility index (Phi) is 8.73. The summed E-state index contributed by atoms with van der Waals surface area (Å²) >= 11 is 12.5. The van der Waals surface area contributed by atoms with Crippen molar-refractivity contribution in [3.05, 3.63) is 46.0 Å². The van der Waals surface area contributed by atoms with Crippen LogP contribution in [0.15, 0.2) is 30.4 Å². The molecule has 4 rings (SSSR count). The SMILES string of the molecule is CCC(C(=O)NC1CCCC1)N(Cc1ccc(Cl)cc1Cl)C(=O)CCN1C(=O)[C@H]2CC=CC[C@H]2C1=O. The molecule has 2 aliphatic carbocycles. The van der Waals surface area contributed by atoms with Crippen molar-refractivity contribution in [3.8, 4) is 0 Å². The maximum atomic E-state index is 13.6. The molecular weight excluding hydrogens is 501 g/mol. The summed E-state index contributed by atoms with van der Waals surface area (Å²) in [4.78, 5) is 55.3. The lowest BCUT2D eigenvalue weighted by atomic mass is 9.85. The normalized spacial score (nSPS) is 22.6. The number of likely N-dealkylation sites (tertiary alicyclic amines) is 1. The third kappa shape index (κ3) is 5.78. The minimum atomic E-state index is -0.693. The van der Waals surface area contributed by atoms with E-state index >= 15 is 0 Å². The molecule has 3 atom stereocenters. The lowest BCUT2D eigenvalue weighted by Gasteiger charge is -2.32. The van der Waals surface area contributed by atoms with E-state index in [1.807, 2.05) is 19.1 Å². The molecule has 3 aliphatic rings. The van der Waals surface area contributed by atoms with Crippen molar-refractivity contribution in [3.63, 3.8) is 0 Å². The first-order valence-corrected chi connectivity index (χ1v) is 13.6. The smallest absolute Gasteiger partial charge is 0.243 e. The Morgan fingerprint density at radius 2 is 1.72 bits per heavy atom. The van der Waals surface area contributed by atoms with Gasteiger partial charge in [0.2, 0.25) is 23.6 Å². The van der Waals surface area contributed by atoms with Crippen molar-refractivity contribution >= 4 is 46.8 Å². The van der Waals surface area contributed by atoms with Crippen LogP contribution >= 0.6 is 23.2 Å². The molecule has 1 saturated carbocycles. The number of benzene rings is 1. The van der Waals surface area contributed by atoms with E-state index in [1.54, 1.807) is 18.2 Å². The highest BCUT2D eigenvalue weighted by molar-refractivity contribution is 6.35. The quantitative estimate of drug-likeness (QED) is 0.374. The highest BCUT2D eigenvalue weighted by atomic mass is 35.5. The number of carbonyl (C=O) groups is 4. The molecule has 1 N–H and O–H groups in total. The molecule has 1 heterocycles. The summed E-state index contributed by atoms with van der Waals surface area (Å²) in [7, 11) is 0. The van der Waals surface area contributed by atoms with E-state index in [9.17, 15) is 19.2 Å². The van der Waals surface area contributed by atoms with Gasteiger partial charge in [-0.05, 0) is 49.8 Å². The highest BCUT2D eigenvalue weighted by Gasteiger charge is 2.47. The second kappa shape index (κ2) is 11.8. The number of amides is 4. The Morgan fingerprint density at radius 3 is 2.31 bits per heavy atom. The first-order valence-electron chi connectivity index (χ1n) is 12.8. The summed E-state index contributed by atoms with van der Waals surface area (Å²) in [6.07, 6.45) is 9.40. The molecule has 0 radical (unpaired) electrons. The van der Waals surface area contributed by atoms with Gasteiger partial charge in [0.25, 0.3) is 0 Å². The van der Waals surface area contributed by atoms with Crippen LogP contribution in [-0.4, -0.2) is 52.1 Å². The second-order valence-electron chi connectivity index (χ2n) is 9.91. The fraction of sp³-hybridized carbons (Fsp3) is 0.556. The number of hydrogen-bond acceptors (Lipinski definition) is 4.